The second-order valence-electron chi connectivity index (χ2n) is 16.4. The summed E-state index contributed by atoms with van der Waals surface area (Å²) < 4.78 is 128. The van der Waals surface area contributed by atoms with Crippen LogP contribution in [0, 0.1) is 0 Å². The van der Waals surface area contributed by atoms with E-state index in [9.17, 15) is 43.2 Å². The Labute approximate surface area is 407 Å². The van der Waals surface area contributed by atoms with E-state index in [1.54, 1.807) is 57.2 Å². The van der Waals surface area contributed by atoms with Crippen LogP contribution < -0.4 is 21.2 Å². The summed E-state index contributed by atoms with van der Waals surface area (Å²) in [5.74, 6) is 1.01. The summed E-state index contributed by atoms with van der Waals surface area (Å²) in [5.41, 5.74) is 3.36. The molecule has 0 aliphatic rings. The molecule has 0 fully saturated rings. The maximum Gasteiger partial charge on any atom is 0.489 e. The van der Waals surface area contributed by atoms with E-state index in [0.717, 1.165) is 45.3 Å². The number of nitrogens with two attached hydrogens (primary N) is 1. The number of sulfonamides is 2. The van der Waals surface area contributed by atoms with Crippen molar-refractivity contribution < 1.29 is 53.2 Å². The second kappa shape index (κ2) is 21.4. The third-order valence-electron chi connectivity index (χ3n) is 9.78. The SMILES string of the molecule is CC(C)(C)[N-]S(=O)(=O)c1ccccc1B(O)O.FC(F)(F)c1ccc(CNc2nc3ccc(Br)cc3[nH]2)cc1.NS(=O)(=O)c1ccccc1-c1ccc2nc(NCc3ccc(C(F)(F)F)cc3)[nH]c2c1. The number of nitrogens with one attached hydrogen (secondary N) is 4. The molecule has 8 aromatic rings. The Balaban J connectivity index is 0.000000181. The molecule has 368 valence electrons. The molecule has 14 nitrogen and oxygen atoms in total. The molecule has 2 aromatic heterocycles. The molecule has 24 heteroatoms. The minimum absolute atomic E-state index is 0.0227. The summed E-state index contributed by atoms with van der Waals surface area (Å²) in [6.07, 6.45) is -8.68. The van der Waals surface area contributed by atoms with Gasteiger partial charge in [0.05, 0.1) is 38.1 Å². The van der Waals surface area contributed by atoms with Gasteiger partial charge in [-0.25, -0.2) is 31.9 Å². The van der Waals surface area contributed by atoms with Gasteiger partial charge in [0.2, 0.25) is 21.9 Å². The van der Waals surface area contributed by atoms with Gasteiger partial charge in [-0.15, -0.1) is 5.54 Å². The molecule has 6 aromatic carbocycles. The van der Waals surface area contributed by atoms with Crippen LogP contribution in [0.3, 0.4) is 0 Å². The number of hydrogen-bond donors (Lipinski definition) is 7. The van der Waals surface area contributed by atoms with Crippen molar-refractivity contribution in [1.82, 2.24) is 19.9 Å². The molecular formula is C46H43BBrF6N8O6S2-. The van der Waals surface area contributed by atoms with E-state index in [2.05, 4.69) is 51.2 Å². The number of alkyl halides is 6. The highest BCUT2D eigenvalue weighted by Crippen LogP contribution is 2.32. The van der Waals surface area contributed by atoms with Gasteiger partial charge >= 0.3 is 19.5 Å². The van der Waals surface area contributed by atoms with Crippen molar-refractivity contribution in [1.29, 1.82) is 0 Å². The van der Waals surface area contributed by atoms with Gasteiger partial charge < -0.3 is 35.4 Å². The first kappa shape index (κ1) is 53.1. The minimum Gasteiger partial charge on any atom is -0.540 e. The maximum atomic E-state index is 12.7. The lowest BCUT2D eigenvalue weighted by atomic mass is 9.80. The lowest BCUT2D eigenvalue weighted by Gasteiger charge is -2.36. The molecule has 8 rings (SSSR count). The molecule has 0 unspecified atom stereocenters. The Bertz CT molecular complexity index is 3310. The number of aromatic nitrogens is 4. The van der Waals surface area contributed by atoms with Gasteiger partial charge in [0.25, 0.3) is 0 Å². The number of primary sulfonamides is 1. The predicted octanol–water partition coefficient (Wildman–Crippen LogP) is 9.69. The molecule has 8 N–H and O–H groups in total. The van der Waals surface area contributed by atoms with Gasteiger partial charge in [0.15, 0.2) is 0 Å². The molecule has 2 heterocycles. The number of halogens is 7. The highest BCUT2D eigenvalue weighted by molar-refractivity contribution is 9.10. The van der Waals surface area contributed by atoms with Crippen molar-refractivity contribution in [2.45, 2.75) is 61.5 Å². The Kier molecular flexibility index (Phi) is 16.2. The lowest BCUT2D eigenvalue weighted by molar-refractivity contribution is -0.138. The van der Waals surface area contributed by atoms with Crippen LogP contribution in [0.4, 0.5) is 38.2 Å². The number of fused-ring (bicyclic) bond motifs is 2. The summed E-state index contributed by atoms with van der Waals surface area (Å²) in [7, 11) is -9.62. The summed E-state index contributed by atoms with van der Waals surface area (Å²) in [6, 6.07) is 33.0. The van der Waals surface area contributed by atoms with E-state index in [1.165, 1.54) is 54.6 Å². The zero-order chi connectivity index (χ0) is 51.2. The monoisotopic (exact) mass is 1070 g/mol. The smallest absolute Gasteiger partial charge is 0.489 e. The second-order valence-corrected chi connectivity index (χ2v) is 20.4. The fourth-order valence-electron chi connectivity index (χ4n) is 6.61. The van der Waals surface area contributed by atoms with Crippen LogP contribution in [-0.2, 0) is 45.5 Å². The van der Waals surface area contributed by atoms with Crippen LogP contribution in [0.2, 0.25) is 0 Å². The minimum atomic E-state index is -4.37. The third kappa shape index (κ3) is 14.4. The Morgan fingerprint density at radius 3 is 1.57 bits per heavy atom. The van der Waals surface area contributed by atoms with Crippen molar-refractivity contribution >= 4 is 82.5 Å². The fourth-order valence-corrected chi connectivity index (χ4v) is 9.28. The standard InChI is InChI=1S/C21H17F3N4O2S.C15H11BrF3N3.C10H15BNO4S/c22-21(23,24)15-8-5-13(6-9-15)12-26-20-27-17-10-7-14(11-18(17)28-20)16-3-1-2-4-19(16)31(25,29)30;16-11-5-6-12-13(7-11)22-14(21-12)20-8-9-1-3-10(4-2-9)15(17,18)19;1-10(2,3)12-17(15,16)9-7-5-4-6-8(9)11(13)14/h1-11H,12H2,(H2,25,29,30)(H2,26,27,28);1-7H,8H2,(H2,20,21,22);4-7,13-14H,1-3H3/q;;-1. The number of anilines is 2. The first-order valence-electron chi connectivity index (χ1n) is 20.7. The van der Waals surface area contributed by atoms with Crippen molar-refractivity contribution in [2.24, 2.45) is 5.14 Å². The first-order chi connectivity index (χ1) is 32.7. The molecule has 0 bridgehead atoms. The Morgan fingerprint density at radius 1 is 0.643 bits per heavy atom. The van der Waals surface area contributed by atoms with Gasteiger partial charge in [-0.1, -0.05) is 103 Å². The Morgan fingerprint density at radius 2 is 1.10 bits per heavy atom. The molecule has 0 aliphatic heterocycles. The number of rotatable bonds is 11. The van der Waals surface area contributed by atoms with Crippen molar-refractivity contribution in [2.75, 3.05) is 10.6 Å². The van der Waals surface area contributed by atoms with Crippen LogP contribution in [0.25, 0.3) is 37.9 Å². The summed E-state index contributed by atoms with van der Waals surface area (Å²) >= 11 is 3.38. The largest absolute Gasteiger partial charge is 0.540 e. The number of hydrogen-bond acceptors (Lipinski definition) is 10. The van der Waals surface area contributed by atoms with Crippen molar-refractivity contribution in [3.8, 4) is 11.1 Å². The fraction of sp³-hybridized carbons (Fsp3) is 0.174. The molecule has 0 saturated heterocycles. The summed E-state index contributed by atoms with van der Waals surface area (Å²) in [6.45, 7) is 5.63. The van der Waals surface area contributed by atoms with Gasteiger partial charge in [-0.2, -0.15) is 26.3 Å². The van der Waals surface area contributed by atoms with Crippen molar-refractivity contribution in [3.63, 3.8) is 0 Å². The molecule has 0 radical (unpaired) electrons. The summed E-state index contributed by atoms with van der Waals surface area (Å²) in [4.78, 5) is 14.8. The quantitative estimate of drug-likeness (QED) is 0.0479. The molecule has 0 amide bonds. The van der Waals surface area contributed by atoms with Gasteiger partial charge in [0, 0.05) is 28.0 Å². The maximum absolute atomic E-state index is 12.7. The van der Waals surface area contributed by atoms with Gasteiger partial charge in [-0.05, 0) is 88.9 Å². The van der Waals surface area contributed by atoms with Crippen LogP contribution in [-0.4, -0.2) is 59.5 Å². The number of H-pyrrole nitrogens is 2. The number of nitrogens with zero attached hydrogens (tertiary/aromatic N) is 3. The van der Waals surface area contributed by atoms with E-state index >= 15 is 0 Å². The van der Waals surface area contributed by atoms with E-state index in [4.69, 9.17) is 15.2 Å². The predicted molar refractivity (Wildman–Crippen MR) is 261 cm³/mol. The van der Waals surface area contributed by atoms with E-state index in [1.807, 2.05) is 18.2 Å². The molecule has 0 saturated carbocycles. The highest BCUT2D eigenvalue weighted by Gasteiger charge is 2.31. The molecule has 0 atom stereocenters. The lowest BCUT2D eigenvalue weighted by Crippen LogP contribution is -2.34. The molecule has 0 spiro atoms. The van der Waals surface area contributed by atoms with Crippen LogP contribution in [0.5, 0.6) is 0 Å². The Hall–Kier alpha value is -6.28. The molecular weight excluding hydrogens is 1030 g/mol. The zero-order valence-corrected chi connectivity index (χ0v) is 40.3. The average molecular weight is 1070 g/mol. The van der Waals surface area contributed by atoms with Gasteiger partial charge in [-0.3, -0.25) is 0 Å². The third-order valence-corrected chi connectivity index (χ3v) is 13.0. The molecule has 0 aliphatic carbocycles. The zero-order valence-electron chi connectivity index (χ0n) is 37.1. The van der Waals surface area contributed by atoms with Crippen LogP contribution >= 0.6 is 15.9 Å². The van der Waals surface area contributed by atoms with Gasteiger partial charge in [0.1, 0.15) is 10.0 Å². The average Bonchev–Trinajstić information content (AvgIpc) is 3.89. The van der Waals surface area contributed by atoms with E-state index in [0.29, 0.717) is 46.2 Å². The van der Waals surface area contributed by atoms with E-state index < -0.39 is 56.2 Å². The normalized spacial score (nSPS) is 12.2. The topological polar surface area (TPSA) is 230 Å². The number of imidazole rings is 2. The van der Waals surface area contributed by atoms with Crippen LogP contribution in [0.15, 0.2) is 148 Å². The highest BCUT2D eigenvalue weighted by atomic mass is 79.9. The summed E-state index contributed by atoms with van der Waals surface area (Å²) in [5, 5.41) is 29.7. The molecule has 70 heavy (non-hydrogen) atoms. The number of aromatic amines is 2. The van der Waals surface area contributed by atoms with Crippen molar-refractivity contribution in [3.05, 3.63) is 165 Å². The van der Waals surface area contributed by atoms with E-state index in [-0.39, 0.29) is 21.8 Å². The van der Waals surface area contributed by atoms with Crippen LogP contribution in [0.1, 0.15) is 43.0 Å². The number of benzene rings is 6. The first-order valence-corrected chi connectivity index (χ1v) is 24.5.